The molecule has 3 nitrogen and oxygen atoms in total. The van der Waals surface area contributed by atoms with Crippen molar-refractivity contribution in [2.75, 3.05) is 0 Å². The maximum Gasteiger partial charge on any atom is 0.192 e. The zero-order chi connectivity index (χ0) is 20.3. The zero-order valence-electron chi connectivity index (χ0n) is 18.3. The van der Waals surface area contributed by atoms with Crippen molar-refractivity contribution < 1.29 is 9.22 Å². The minimum Gasteiger partial charge on any atom is -0.412 e. The van der Waals surface area contributed by atoms with Gasteiger partial charge in [-0.25, -0.2) is 0 Å². The first-order chi connectivity index (χ1) is 12.4. The van der Waals surface area contributed by atoms with Gasteiger partial charge >= 0.3 is 0 Å². The third-order valence-corrected chi connectivity index (χ3v) is 13.1. The van der Waals surface area contributed by atoms with Crippen molar-refractivity contribution in [2.45, 2.75) is 91.0 Å². The van der Waals surface area contributed by atoms with E-state index in [-0.39, 0.29) is 28.3 Å². The molecule has 150 valence electrons. The summed E-state index contributed by atoms with van der Waals surface area (Å²) < 4.78 is 6.94. The van der Waals surface area contributed by atoms with E-state index in [0.29, 0.717) is 24.7 Å². The SMILES string of the molecule is C[C@@H]1C=CC[C@]2(C)[C@H]3CCC(=O)C[C@@]3(C#N)[C@H](O[Si](C)(C)C(C)(C)C)C[C@@H]12. The lowest BCUT2D eigenvalue weighted by molar-refractivity contribution is -0.155. The quantitative estimate of drug-likeness (QED) is 0.439. The Kier molecular flexibility index (Phi) is 5.05. The summed E-state index contributed by atoms with van der Waals surface area (Å²) in [6.45, 7) is 16.0. The second-order valence-corrected chi connectivity index (χ2v) is 15.9. The van der Waals surface area contributed by atoms with Crippen LogP contribution in [0.15, 0.2) is 12.2 Å². The lowest BCUT2D eigenvalue weighted by atomic mass is 9.43. The molecule has 0 bridgehead atoms. The Balaban J connectivity index is 2.08. The molecule has 0 radical (unpaired) electrons. The lowest BCUT2D eigenvalue weighted by Crippen LogP contribution is -2.63. The van der Waals surface area contributed by atoms with Crippen LogP contribution in [0.2, 0.25) is 18.1 Å². The normalized spacial score (nSPS) is 42.2. The summed E-state index contributed by atoms with van der Waals surface area (Å²) >= 11 is 0. The van der Waals surface area contributed by atoms with Crippen LogP contribution in [0.1, 0.15) is 66.7 Å². The Bertz CT molecular complexity index is 685. The van der Waals surface area contributed by atoms with E-state index in [2.05, 4.69) is 65.9 Å². The van der Waals surface area contributed by atoms with Crippen molar-refractivity contribution in [1.82, 2.24) is 0 Å². The molecule has 0 amide bonds. The third kappa shape index (κ3) is 3.15. The van der Waals surface area contributed by atoms with Crippen LogP contribution in [-0.2, 0) is 9.22 Å². The van der Waals surface area contributed by atoms with E-state index in [1.807, 2.05) is 0 Å². The smallest absolute Gasteiger partial charge is 0.192 e. The van der Waals surface area contributed by atoms with Gasteiger partial charge < -0.3 is 4.43 Å². The van der Waals surface area contributed by atoms with Gasteiger partial charge in [0, 0.05) is 12.8 Å². The molecule has 27 heavy (non-hydrogen) atoms. The molecule has 0 saturated heterocycles. The Labute approximate surface area is 166 Å². The van der Waals surface area contributed by atoms with Crippen LogP contribution in [0.5, 0.6) is 0 Å². The molecule has 6 atom stereocenters. The van der Waals surface area contributed by atoms with E-state index in [1.165, 1.54) is 0 Å². The van der Waals surface area contributed by atoms with E-state index in [0.717, 1.165) is 19.3 Å². The Hall–Kier alpha value is -0.923. The van der Waals surface area contributed by atoms with Crippen LogP contribution in [0.4, 0.5) is 0 Å². The van der Waals surface area contributed by atoms with Gasteiger partial charge in [0.2, 0.25) is 0 Å². The number of carbonyl (C=O) groups excluding carboxylic acids is 1. The number of ketones is 1. The summed E-state index contributed by atoms with van der Waals surface area (Å²) in [4.78, 5) is 12.5. The maximum atomic E-state index is 12.5. The van der Waals surface area contributed by atoms with Crippen molar-refractivity contribution in [3.63, 3.8) is 0 Å². The number of fused-ring (bicyclic) bond motifs is 3. The number of carbonyl (C=O) groups is 1. The van der Waals surface area contributed by atoms with Crippen molar-refractivity contribution in [3.05, 3.63) is 12.2 Å². The molecule has 0 unspecified atom stereocenters. The summed E-state index contributed by atoms with van der Waals surface area (Å²) in [6, 6.07) is 2.70. The second kappa shape index (κ2) is 6.56. The Morgan fingerprint density at radius 1 is 1.33 bits per heavy atom. The largest absolute Gasteiger partial charge is 0.412 e. The number of hydrogen-bond acceptors (Lipinski definition) is 3. The highest BCUT2D eigenvalue weighted by Crippen LogP contribution is 2.64. The second-order valence-electron chi connectivity index (χ2n) is 11.2. The number of Topliss-reactive ketones (excluding diaryl/α,β-unsaturated/α-hetero) is 1. The first-order valence-electron chi connectivity index (χ1n) is 10.6. The maximum absolute atomic E-state index is 12.5. The summed E-state index contributed by atoms with van der Waals surface area (Å²) in [6.07, 6.45) is 8.33. The standard InChI is InChI=1S/C23H37NO2Si/c1-16-9-8-12-22(5)18(16)13-20(26-27(6,7)21(2,3)4)23(15-24)14-17(25)10-11-19(22)23/h8-9,16,18-20H,10-14H2,1-7H3/t16-,18+,19-,20-,22+,23+/m1/s1. The van der Waals surface area contributed by atoms with Crippen LogP contribution in [0, 0.1) is 39.9 Å². The first kappa shape index (κ1) is 20.8. The van der Waals surface area contributed by atoms with E-state index in [9.17, 15) is 10.1 Å². The van der Waals surface area contributed by atoms with E-state index < -0.39 is 13.7 Å². The van der Waals surface area contributed by atoms with Gasteiger partial charge in [0.05, 0.1) is 17.6 Å². The van der Waals surface area contributed by atoms with Crippen LogP contribution in [0.3, 0.4) is 0 Å². The fraction of sp³-hybridized carbons (Fsp3) is 0.826. The summed E-state index contributed by atoms with van der Waals surface area (Å²) in [5, 5.41) is 10.5. The monoisotopic (exact) mass is 387 g/mol. The van der Waals surface area contributed by atoms with Crippen molar-refractivity contribution >= 4 is 14.1 Å². The molecule has 2 fully saturated rings. The van der Waals surface area contributed by atoms with Crippen LogP contribution >= 0.6 is 0 Å². The van der Waals surface area contributed by atoms with Gasteiger partial charge in [0.25, 0.3) is 0 Å². The lowest BCUT2D eigenvalue weighted by Gasteiger charge is -2.62. The van der Waals surface area contributed by atoms with Gasteiger partial charge in [0.1, 0.15) is 5.78 Å². The molecule has 3 rings (SSSR count). The molecule has 0 N–H and O–H groups in total. The minimum atomic E-state index is -2.04. The van der Waals surface area contributed by atoms with Gasteiger partial charge in [-0.15, -0.1) is 0 Å². The summed E-state index contributed by atoms with van der Waals surface area (Å²) in [5.74, 6) is 1.52. The predicted molar refractivity (Wildman–Crippen MR) is 112 cm³/mol. The van der Waals surface area contributed by atoms with Gasteiger partial charge in [0.15, 0.2) is 8.32 Å². The zero-order valence-corrected chi connectivity index (χ0v) is 19.3. The minimum absolute atomic E-state index is 0.0939. The highest BCUT2D eigenvalue weighted by Gasteiger charge is 2.64. The first-order valence-corrected chi connectivity index (χ1v) is 13.6. The molecule has 0 aliphatic heterocycles. The fourth-order valence-electron chi connectivity index (χ4n) is 5.98. The number of allylic oxidation sites excluding steroid dienone is 2. The molecule has 3 aliphatic carbocycles. The molecule has 0 aromatic heterocycles. The average molecular weight is 388 g/mol. The van der Waals surface area contributed by atoms with E-state index in [1.54, 1.807) is 0 Å². The molecule has 0 spiro atoms. The topological polar surface area (TPSA) is 50.1 Å². The van der Waals surface area contributed by atoms with Crippen LogP contribution < -0.4 is 0 Å². The van der Waals surface area contributed by atoms with Crippen LogP contribution in [0.25, 0.3) is 0 Å². The highest BCUT2D eigenvalue weighted by molar-refractivity contribution is 6.74. The van der Waals surface area contributed by atoms with Crippen LogP contribution in [-0.4, -0.2) is 20.2 Å². The Morgan fingerprint density at radius 3 is 2.59 bits per heavy atom. The van der Waals surface area contributed by atoms with Gasteiger partial charge in [-0.1, -0.05) is 46.8 Å². The molecule has 0 aromatic rings. The van der Waals surface area contributed by atoms with Crippen molar-refractivity contribution in [1.29, 1.82) is 5.26 Å². The van der Waals surface area contributed by atoms with E-state index >= 15 is 0 Å². The van der Waals surface area contributed by atoms with Crippen molar-refractivity contribution in [2.24, 2.45) is 28.6 Å². The van der Waals surface area contributed by atoms with E-state index in [4.69, 9.17) is 4.43 Å². The number of rotatable bonds is 2. The number of nitriles is 1. The average Bonchev–Trinajstić information content (AvgIpc) is 2.55. The summed E-state index contributed by atoms with van der Waals surface area (Å²) in [5.41, 5.74) is -0.557. The molecular formula is C23H37NO2Si. The molecule has 3 aliphatic rings. The summed E-state index contributed by atoms with van der Waals surface area (Å²) in [7, 11) is -2.04. The van der Waals surface area contributed by atoms with Gasteiger partial charge in [-0.2, -0.15) is 5.26 Å². The molecule has 4 heteroatoms. The number of hydrogen-bond donors (Lipinski definition) is 0. The molecule has 0 heterocycles. The molecular weight excluding hydrogens is 350 g/mol. The predicted octanol–water partition coefficient (Wildman–Crippen LogP) is 5.88. The highest BCUT2D eigenvalue weighted by atomic mass is 28.4. The fourth-order valence-corrected chi connectivity index (χ4v) is 7.35. The molecule has 0 aromatic carbocycles. The molecule has 2 saturated carbocycles. The number of nitrogens with zero attached hydrogens (tertiary/aromatic N) is 1. The van der Waals surface area contributed by atoms with Crippen molar-refractivity contribution in [3.8, 4) is 6.07 Å². The van der Waals surface area contributed by atoms with Gasteiger partial charge in [-0.05, 0) is 60.6 Å². The van der Waals surface area contributed by atoms with Gasteiger partial charge in [-0.3, -0.25) is 4.79 Å². The Morgan fingerprint density at radius 2 is 2.00 bits per heavy atom. The third-order valence-electron chi connectivity index (χ3n) is 8.59.